The van der Waals surface area contributed by atoms with Crippen LogP contribution in [0.4, 0.5) is 4.79 Å². The van der Waals surface area contributed by atoms with E-state index in [0.717, 1.165) is 18.9 Å². The van der Waals surface area contributed by atoms with E-state index in [-0.39, 0.29) is 12.5 Å². The summed E-state index contributed by atoms with van der Waals surface area (Å²) in [4.78, 5) is 23.4. The highest BCUT2D eigenvalue weighted by molar-refractivity contribution is 5.73. The Hall–Kier alpha value is -1.26. The van der Waals surface area contributed by atoms with Crippen molar-refractivity contribution in [3.63, 3.8) is 0 Å². The highest BCUT2D eigenvalue weighted by atomic mass is 16.4. The van der Waals surface area contributed by atoms with Crippen LogP contribution in [0.3, 0.4) is 0 Å². The predicted octanol–water partition coefficient (Wildman–Crippen LogP) is 1.29. The van der Waals surface area contributed by atoms with Crippen molar-refractivity contribution in [3.8, 4) is 0 Å². The number of aliphatic carboxylic acids is 1. The fourth-order valence-electron chi connectivity index (χ4n) is 1.45. The zero-order valence-corrected chi connectivity index (χ0v) is 9.74. The van der Waals surface area contributed by atoms with Gasteiger partial charge >= 0.3 is 12.0 Å². The molecule has 0 atom stereocenters. The van der Waals surface area contributed by atoms with Crippen LogP contribution in [0, 0.1) is 5.92 Å². The summed E-state index contributed by atoms with van der Waals surface area (Å²) in [6.45, 7) is 1.22. The molecule has 0 saturated heterocycles. The van der Waals surface area contributed by atoms with E-state index in [2.05, 4.69) is 5.32 Å². The van der Waals surface area contributed by atoms with E-state index in [9.17, 15) is 9.59 Å². The minimum absolute atomic E-state index is 0.103. The Morgan fingerprint density at radius 2 is 2.12 bits per heavy atom. The molecule has 0 unspecified atom stereocenters. The van der Waals surface area contributed by atoms with Crippen LogP contribution in [-0.4, -0.2) is 42.1 Å². The van der Waals surface area contributed by atoms with E-state index >= 15 is 0 Å². The van der Waals surface area contributed by atoms with E-state index in [4.69, 9.17) is 5.11 Å². The number of nitrogens with zero attached hydrogens (tertiary/aromatic N) is 1. The smallest absolute Gasteiger partial charge is 0.317 e. The topological polar surface area (TPSA) is 69.6 Å². The van der Waals surface area contributed by atoms with Crippen LogP contribution in [0.5, 0.6) is 0 Å². The standard InChI is InChI=1S/C11H20N2O3/c1-13(8-6-9-4-5-9)11(16)12-7-2-3-10(14)15/h9H,2-8H2,1H3,(H,12,16)(H,14,15). The van der Waals surface area contributed by atoms with Crippen molar-refractivity contribution in [3.05, 3.63) is 0 Å². The average Bonchev–Trinajstić information content (AvgIpc) is 3.04. The van der Waals surface area contributed by atoms with Crippen molar-refractivity contribution in [2.24, 2.45) is 5.92 Å². The first-order valence-corrected chi connectivity index (χ1v) is 5.80. The first-order valence-electron chi connectivity index (χ1n) is 5.80. The van der Waals surface area contributed by atoms with Gasteiger partial charge in [-0.15, -0.1) is 0 Å². The Bertz CT molecular complexity index is 252. The van der Waals surface area contributed by atoms with Crippen molar-refractivity contribution < 1.29 is 14.7 Å². The third-order valence-corrected chi connectivity index (χ3v) is 2.76. The van der Waals surface area contributed by atoms with Gasteiger partial charge in [-0.05, 0) is 18.8 Å². The van der Waals surface area contributed by atoms with E-state index < -0.39 is 5.97 Å². The van der Waals surface area contributed by atoms with Crippen LogP contribution in [0.25, 0.3) is 0 Å². The molecule has 5 nitrogen and oxygen atoms in total. The molecule has 2 amide bonds. The highest BCUT2D eigenvalue weighted by Gasteiger charge is 2.21. The molecule has 2 N–H and O–H groups in total. The van der Waals surface area contributed by atoms with Gasteiger partial charge in [0.15, 0.2) is 0 Å². The summed E-state index contributed by atoms with van der Waals surface area (Å²) in [5.41, 5.74) is 0. The summed E-state index contributed by atoms with van der Waals surface area (Å²) >= 11 is 0. The summed E-state index contributed by atoms with van der Waals surface area (Å²) in [7, 11) is 1.77. The van der Waals surface area contributed by atoms with E-state index in [1.807, 2.05) is 0 Å². The lowest BCUT2D eigenvalue weighted by Crippen LogP contribution is -2.38. The first kappa shape index (κ1) is 12.8. The van der Waals surface area contributed by atoms with E-state index in [0.29, 0.717) is 13.0 Å². The van der Waals surface area contributed by atoms with Gasteiger partial charge in [-0.3, -0.25) is 4.79 Å². The van der Waals surface area contributed by atoms with Gasteiger partial charge in [-0.2, -0.15) is 0 Å². The maximum absolute atomic E-state index is 11.5. The number of carbonyl (C=O) groups excluding carboxylic acids is 1. The summed E-state index contributed by atoms with van der Waals surface area (Å²) in [6.07, 6.45) is 4.27. The molecule has 1 rings (SSSR count). The Labute approximate surface area is 95.8 Å². The molecule has 1 aliphatic carbocycles. The molecule has 0 radical (unpaired) electrons. The summed E-state index contributed by atoms with van der Waals surface area (Å²) in [6, 6.07) is -0.106. The van der Waals surface area contributed by atoms with Crippen molar-refractivity contribution in [2.75, 3.05) is 20.1 Å². The third kappa shape index (κ3) is 5.58. The van der Waals surface area contributed by atoms with Gasteiger partial charge in [0.1, 0.15) is 0 Å². The Morgan fingerprint density at radius 3 is 2.69 bits per heavy atom. The van der Waals surface area contributed by atoms with Gasteiger partial charge in [-0.1, -0.05) is 12.8 Å². The molecule has 1 saturated carbocycles. The van der Waals surface area contributed by atoms with Gasteiger partial charge in [-0.25, -0.2) is 4.79 Å². The molecule has 0 aliphatic heterocycles. The molecule has 0 heterocycles. The Balaban J connectivity index is 2.01. The first-order chi connectivity index (χ1) is 7.59. The van der Waals surface area contributed by atoms with Crippen molar-refractivity contribution in [1.29, 1.82) is 0 Å². The number of carbonyl (C=O) groups is 2. The van der Waals surface area contributed by atoms with Crippen LogP contribution in [0.1, 0.15) is 32.1 Å². The van der Waals surface area contributed by atoms with Crippen LogP contribution < -0.4 is 5.32 Å². The second kappa shape index (κ2) is 6.35. The molecule has 5 heteroatoms. The SMILES string of the molecule is CN(CCC1CC1)C(=O)NCCCC(=O)O. The largest absolute Gasteiger partial charge is 0.481 e. The lowest BCUT2D eigenvalue weighted by atomic mass is 10.3. The molecule has 1 fully saturated rings. The minimum Gasteiger partial charge on any atom is -0.481 e. The molecule has 1 aliphatic rings. The van der Waals surface area contributed by atoms with Crippen LogP contribution in [-0.2, 0) is 4.79 Å². The number of rotatable bonds is 7. The molecular formula is C11H20N2O3. The molecule has 0 aromatic rings. The van der Waals surface area contributed by atoms with Gasteiger partial charge in [0.05, 0.1) is 0 Å². The minimum atomic E-state index is -0.823. The fraction of sp³-hybridized carbons (Fsp3) is 0.818. The van der Waals surface area contributed by atoms with Gasteiger partial charge < -0.3 is 15.3 Å². The lowest BCUT2D eigenvalue weighted by Gasteiger charge is -2.17. The zero-order valence-electron chi connectivity index (χ0n) is 9.74. The number of carboxylic acid groups (broad SMARTS) is 1. The Kier molecular flexibility index (Phi) is 5.08. The maximum Gasteiger partial charge on any atom is 0.317 e. The quantitative estimate of drug-likeness (QED) is 0.645. The predicted molar refractivity (Wildman–Crippen MR) is 60.2 cm³/mol. The lowest BCUT2D eigenvalue weighted by molar-refractivity contribution is -0.137. The van der Waals surface area contributed by atoms with Gasteiger partial charge in [0, 0.05) is 26.6 Å². The average molecular weight is 228 g/mol. The van der Waals surface area contributed by atoms with Gasteiger partial charge in [0.25, 0.3) is 0 Å². The van der Waals surface area contributed by atoms with Gasteiger partial charge in [0.2, 0.25) is 0 Å². The monoisotopic (exact) mass is 228 g/mol. The normalized spacial score (nSPS) is 14.6. The summed E-state index contributed by atoms with van der Waals surface area (Å²) < 4.78 is 0. The number of amides is 2. The molecule has 0 aromatic heterocycles. The zero-order chi connectivity index (χ0) is 12.0. The fourth-order valence-corrected chi connectivity index (χ4v) is 1.45. The maximum atomic E-state index is 11.5. The van der Waals surface area contributed by atoms with Crippen molar-refractivity contribution in [2.45, 2.75) is 32.1 Å². The van der Waals surface area contributed by atoms with E-state index in [1.54, 1.807) is 11.9 Å². The molecule has 0 spiro atoms. The third-order valence-electron chi connectivity index (χ3n) is 2.76. The molecule has 0 aromatic carbocycles. The number of hydrogen-bond acceptors (Lipinski definition) is 2. The second-order valence-electron chi connectivity index (χ2n) is 4.38. The molecule has 16 heavy (non-hydrogen) atoms. The van der Waals surface area contributed by atoms with E-state index in [1.165, 1.54) is 12.8 Å². The summed E-state index contributed by atoms with van der Waals surface area (Å²) in [5, 5.41) is 11.1. The number of nitrogens with one attached hydrogen (secondary N) is 1. The number of carboxylic acids is 1. The second-order valence-corrected chi connectivity index (χ2v) is 4.38. The highest BCUT2D eigenvalue weighted by Crippen LogP contribution is 2.32. The van der Waals surface area contributed by atoms with Crippen molar-refractivity contribution in [1.82, 2.24) is 10.2 Å². The Morgan fingerprint density at radius 1 is 1.44 bits per heavy atom. The number of hydrogen-bond donors (Lipinski definition) is 2. The molecular weight excluding hydrogens is 208 g/mol. The van der Waals surface area contributed by atoms with Crippen LogP contribution in [0.15, 0.2) is 0 Å². The summed E-state index contributed by atoms with van der Waals surface area (Å²) in [5.74, 6) is -0.00130. The number of urea groups is 1. The van der Waals surface area contributed by atoms with Crippen molar-refractivity contribution >= 4 is 12.0 Å². The molecule has 0 bridgehead atoms. The van der Waals surface area contributed by atoms with Crippen LogP contribution >= 0.6 is 0 Å². The van der Waals surface area contributed by atoms with Crippen LogP contribution in [0.2, 0.25) is 0 Å². The molecule has 92 valence electrons.